The highest BCUT2D eigenvalue weighted by molar-refractivity contribution is 5.81. The van der Waals surface area contributed by atoms with Gasteiger partial charge in [0.15, 0.2) is 0 Å². The second-order valence-corrected chi connectivity index (χ2v) is 6.73. The standard InChI is InChI=1S/C18H28N4O2/c1-14(2)12-20-16(23)13-21-8-10-22(11-9-21)17(18(19)24)15-6-4-3-5-7-15/h3-7,14,17H,8-13H2,1-2H3,(H2,19,24)(H,20,23)/t17-/m1/s1. The number of carbonyl (C=O) groups excluding carboxylic acids is 2. The molecule has 1 fully saturated rings. The molecule has 0 unspecified atom stereocenters. The van der Waals surface area contributed by atoms with E-state index in [1.54, 1.807) is 0 Å². The Morgan fingerprint density at radius 1 is 1.12 bits per heavy atom. The van der Waals surface area contributed by atoms with Crippen LogP contribution in [0.25, 0.3) is 0 Å². The predicted octanol–water partition coefficient (Wildman–Crippen LogP) is 0.603. The van der Waals surface area contributed by atoms with Gasteiger partial charge in [0.2, 0.25) is 11.8 Å². The summed E-state index contributed by atoms with van der Waals surface area (Å²) < 4.78 is 0. The summed E-state index contributed by atoms with van der Waals surface area (Å²) >= 11 is 0. The van der Waals surface area contributed by atoms with Gasteiger partial charge in [0.25, 0.3) is 0 Å². The molecule has 1 heterocycles. The first-order valence-corrected chi connectivity index (χ1v) is 8.54. The molecule has 1 saturated heterocycles. The average Bonchev–Trinajstić information content (AvgIpc) is 2.55. The molecule has 3 N–H and O–H groups in total. The van der Waals surface area contributed by atoms with Crippen molar-refractivity contribution in [3.8, 4) is 0 Å². The van der Waals surface area contributed by atoms with Crippen LogP contribution in [0.5, 0.6) is 0 Å². The monoisotopic (exact) mass is 332 g/mol. The largest absolute Gasteiger partial charge is 0.368 e. The molecule has 1 aliphatic heterocycles. The van der Waals surface area contributed by atoms with Crippen molar-refractivity contribution >= 4 is 11.8 Å². The van der Waals surface area contributed by atoms with Crippen molar-refractivity contribution in [2.45, 2.75) is 19.9 Å². The van der Waals surface area contributed by atoms with Crippen LogP contribution in [0.2, 0.25) is 0 Å². The van der Waals surface area contributed by atoms with E-state index < -0.39 is 6.04 Å². The molecule has 0 aliphatic carbocycles. The van der Waals surface area contributed by atoms with Gasteiger partial charge >= 0.3 is 0 Å². The van der Waals surface area contributed by atoms with Crippen molar-refractivity contribution in [3.63, 3.8) is 0 Å². The minimum Gasteiger partial charge on any atom is -0.368 e. The van der Waals surface area contributed by atoms with Crippen LogP contribution in [0, 0.1) is 5.92 Å². The number of hydrogen-bond acceptors (Lipinski definition) is 4. The van der Waals surface area contributed by atoms with E-state index in [9.17, 15) is 9.59 Å². The van der Waals surface area contributed by atoms with E-state index in [1.165, 1.54) is 0 Å². The lowest BCUT2D eigenvalue weighted by molar-refractivity contribution is -0.126. The molecule has 2 rings (SSSR count). The molecule has 0 spiro atoms. The Kier molecular flexibility index (Phi) is 6.75. The Hall–Kier alpha value is -1.92. The third-order valence-electron chi connectivity index (χ3n) is 4.23. The molecule has 6 nitrogen and oxygen atoms in total. The number of nitrogens with zero attached hydrogens (tertiary/aromatic N) is 2. The Morgan fingerprint density at radius 3 is 2.29 bits per heavy atom. The summed E-state index contributed by atoms with van der Waals surface area (Å²) in [7, 11) is 0. The van der Waals surface area contributed by atoms with E-state index in [4.69, 9.17) is 5.73 Å². The molecule has 132 valence electrons. The van der Waals surface area contributed by atoms with Gasteiger partial charge < -0.3 is 11.1 Å². The van der Waals surface area contributed by atoms with Gasteiger partial charge in [-0.15, -0.1) is 0 Å². The van der Waals surface area contributed by atoms with E-state index in [1.807, 2.05) is 30.3 Å². The Bertz CT molecular complexity index is 539. The third kappa shape index (κ3) is 5.32. The van der Waals surface area contributed by atoms with E-state index in [-0.39, 0.29) is 11.8 Å². The molecule has 0 aromatic heterocycles. The highest BCUT2D eigenvalue weighted by Gasteiger charge is 2.29. The number of benzene rings is 1. The Balaban J connectivity index is 1.87. The number of piperazine rings is 1. The normalized spacial score (nSPS) is 17.6. The highest BCUT2D eigenvalue weighted by Crippen LogP contribution is 2.21. The maximum absolute atomic E-state index is 11.9. The molecular weight excluding hydrogens is 304 g/mol. The molecule has 1 aromatic rings. The maximum atomic E-state index is 11.9. The fraction of sp³-hybridized carbons (Fsp3) is 0.556. The predicted molar refractivity (Wildman–Crippen MR) is 94.2 cm³/mol. The number of carbonyl (C=O) groups is 2. The van der Waals surface area contributed by atoms with E-state index >= 15 is 0 Å². The maximum Gasteiger partial charge on any atom is 0.239 e. The van der Waals surface area contributed by atoms with Crippen molar-refractivity contribution in [2.75, 3.05) is 39.3 Å². The topological polar surface area (TPSA) is 78.7 Å². The van der Waals surface area contributed by atoms with E-state index in [0.29, 0.717) is 19.0 Å². The van der Waals surface area contributed by atoms with Gasteiger partial charge in [-0.25, -0.2) is 0 Å². The van der Waals surface area contributed by atoms with Crippen LogP contribution in [0.4, 0.5) is 0 Å². The lowest BCUT2D eigenvalue weighted by Crippen LogP contribution is -2.52. The van der Waals surface area contributed by atoms with E-state index in [2.05, 4.69) is 29.0 Å². The number of rotatable bonds is 7. The van der Waals surface area contributed by atoms with Crippen LogP contribution in [-0.2, 0) is 9.59 Å². The SMILES string of the molecule is CC(C)CNC(=O)CN1CCN([C@@H](C(N)=O)c2ccccc2)CC1. The molecule has 24 heavy (non-hydrogen) atoms. The van der Waals surface area contributed by atoms with Crippen LogP contribution < -0.4 is 11.1 Å². The summed E-state index contributed by atoms with van der Waals surface area (Å²) in [5.41, 5.74) is 6.55. The van der Waals surface area contributed by atoms with Gasteiger partial charge in [0.1, 0.15) is 6.04 Å². The Morgan fingerprint density at radius 2 is 1.75 bits per heavy atom. The molecular formula is C18H28N4O2. The molecule has 2 amide bonds. The van der Waals surface area contributed by atoms with Gasteiger partial charge in [-0.2, -0.15) is 0 Å². The fourth-order valence-electron chi connectivity index (χ4n) is 2.95. The van der Waals surface area contributed by atoms with Crippen LogP contribution in [0.15, 0.2) is 30.3 Å². The minimum absolute atomic E-state index is 0.0617. The molecule has 1 aliphatic rings. The molecule has 0 bridgehead atoms. The zero-order chi connectivity index (χ0) is 17.5. The first kappa shape index (κ1) is 18.4. The van der Waals surface area contributed by atoms with Gasteiger partial charge in [-0.3, -0.25) is 19.4 Å². The molecule has 1 aromatic carbocycles. The highest BCUT2D eigenvalue weighted by atomic mass is 16.2. The summed E-state index contributed by atoms with van der Waals surface area (Å²) in [6, 6.07) is 9.22. The van der Waals surface area contributed by atoms with Crippen molar-refractivity contribution in [1.82, 2.24) is 15.1 Å². The third-order valence-corrected chi connectivity index (χ3v) is 4.23. The zero-order valence-electron chi connectivity index (χ0n) is 14.6. The lowest BCUT2D eigenvalue weighted by Gasteiger charge is -2.38. The fourth-order valence-corrected chi connectivity index (χ4v) is 2.95. The molecule has 0 saturated carbocycles. The zero-order valence-corrected chi connectivity index (χ0v) is 14.6. The molecule has 6 heteroatoms. The summed E-state index contributed by atoms with van der Waals surface area (Å²) in [6.45, 7) is 8.22. The number of amides is 2. The first-order chi connectivity index (χ1) is 11.5. The van der Waals surface area contributed by atoms with Crippen LogP contribution in [0.3, 0.4) is 0 Å². The Labute approximate surface area is 144 Å². The molecule has 1 atom stereocenters. The van der Waals surface area contributed by atoms with Crippen LogP contribution in [0.1, 0.15) is 25.5 Å². The minimum atomic E-state index is -0.400. The first-order valence-electron chi connectivity index (χ1n) is 8.54. The quantitative estimate of drug-likeness (QED) is 0.766. The second kappa shape index (κ2) is 8.80. The van der Waals surface area contributed by atoms with Crippen molar-refractivity contribution in [1.29, 1.82) is 0 Å². The summed E-state index contributed by atoms with van der Waals surface area (Å²) in [6.07, 6.45) is 0. The molecule has 0 radical (unpaired) electrons. The number of primary amides is 1. The lowest BCUT2D eigenvalue weighted by atomic mass is 10.0. The average molecular weight is 332 g/mol. The van der Waals surface area contributed by atoms with Gasteiger partial charge in [-0.05, 0) is 11.5 Å². The van der Waals surface area contributed by atoms with Crippen molar-refractivity contribution in [2.24, 2.45) is 11.7 Å². The summed E-state index contributed by atoms with van der Waals surface area (Å²) in [4.78, 5) is 28.0. The van der Waals surface area contributed by atoms with Gasteiger partial charge in [0.05, 0.1) is 6.54 Å². The second-order valence-electron chi connectivity index (χ2n) is 6.73. The van der Waals surface area contributed by atoms with Crippen LogP contribution >= 0.6 is 0 Å². The number of hydrogen-bond donors (Lipinski definition) is 2. The van der Waals surface area contributed by atoms with Crippen LogP contribution in [-0.4, -0.2) is 60.9 Å². The van der Waals surface area contributed by atoms with Crippen molar-refractivity contribution < 1.29 is 9.59 Å². The van der Waals surface area contributed by atoms with Gasteiger partial charge in [-0.1, -0.05) is 44.2 Å². The number of nitrogens with one attached hydrogen (secondary N) is 1. The van der Waals surface area contributed by atoms with Gasteiger partial charge in [0, 0.05) is 32.7 Å². The summed E-state index contributed by atoms with van der Waals surface area (Å²) in [5.74, 6) is 0.184. The number of nitrogens with two attached hydrogens (primary N) is 1. The smallest absolute Gasteiger partial charge is 0.239 e. The van der Waals surface area contributed by atoms with Crippen molar-refractivity contribution in [3.05, 3.63) is 35.9 Å². The summed E-state index contributed by atoms with van der Waals surface area (Å²) in [5, 5.41) is 2.94. The van der Waals surface area contributed by atoms with E-state index in [0.717, 1.165) is 31.7 Å².